The minimum Gasteiger partial charge on any atom is -0.370 e. The quantitative estimate of drug-likeness (QED) is 0.541. The Morgan fingerprint density at radius 2 is 1.46 bits per heavy atom. The summed E-state index contributed by atoms with van der Waals surface area (Å²) in [6.07, 6.45) is 2.17. The summed E-state index contributed by atoms with van der Waals surface area (Å²) in [5.41, 5.74) is 8.82. The van der Waals surface area contributed by atoms with Crippen LogP contribution in [0.15, 0.2) is 41.2 Å². The molecule has 3 rings (SSSR count). The Labute approximate surface area is 168 Å². The molecule has 2 heterocycles. The van der Waals surface area contributed by atoms with Crippen molar-refractivity contribution in [3.05, 3.63) is 69.0 Å². The fourth-order valence-corrected chi connectivity index (χ4v) is 4.37. The van der Waals surface area contributed by atoms with Gasteiger partial charge in [-0.05, 0) is 69.9 Å². The molecule has 0 N–H and O–H groups in total. The van der Waals surface area contributed by atoms with Crippen molar-refractivity contribution in [3.63, 3.8) is 0 Å². The van der Waals surface area contributed by atoms with E-state index < -0.39 is 0 Å². The van der Waals surface area contributed by atoms with Crippen LogP contribution in [-0.2, 0) is 0 Å². The van der Waals surface area contributed by atoms with E-state index >= 15 is 0 Å². The second-order valence-electron chi connectivity index (χ2n) is 7.91. The van der Waals surface area contributed by atoms with E-state index in [0.717, 1.165) is 54.0 Å². The lowest BCUT2D eigenvalue weighted by Gasteiger charge is -2.26. The summed E-state index contributed by atoms with van der Waals surface area (Å²) < 4.78 is 1.92. The molecule has 0 aliphatic rings. The van der Waals surface area contributed by atoms with E-state index in [0.29, 0.717) is 0 Å². The lowest BCUT2D eigenvalue weighted by molar-refractivity contribution is 0.744. The van der Waals surface area contributed by atoms with E-state index in [1.54, 1.807) is 0 Å². The van der Waals surface area contributed by atoms with Crippen molar-refractivity contribution in [3.8, 4) is 11.3 Å². The first-order valence-corrected chi connectivity index (χ1v) is 10.4. The van der Waals surface area contributed by atoms with Gasteiger partial charge in [0.05, 0.1) is 16.9 Å². The zero-order valence-corrected chi connectivity index (χ0v) is 18.1. The van der Waals surface area contributed by atoms with Gasteiger partial charge in [-0.2, -0.15) is 0 Å². The van der Waals surface area contributed by atoms with Gasteiger partial charge in [0.15, 0.2) is 0 Å². The number of aryl methyl sites for hydroxylation is 4. The molecule has 28 heavy (non-hydrogen) atoms. The van der Waals surface area contributed by atoms with Crippen LogP contribution < -0.4 is 10.5 Å². The molecule has 0 saturated carbocycles. The second-order valence-corrected chi connectivity index (χ2v) is 7.91. The van der Waals surface area contributed by atoms with Crippen molar-refractivity contribution in [2.45, 2.75) is 54.4 Å². The molecule has 0 unspecified atom stereocenters. The van der Waals surface area contributed by atoms with Crippen LogP contribution >= 0.6 is 0 Å². The molecule has 3 nitrogen and oxygen atoms in total. The first-order valence-electron chi connectivity index (χ1n) is 10.4. The van der Waals surface area contributed by atoms with Gasteiger partial charge in [0.25, 0.3) is 5.56 Å². The monoisotopic (exact) mass is 376 g/mol. The Hall–Kier alpha value is -2.55. The van der Waals surface area contributed by atoms with Gasteiger partial charge in [-0.3, -0.25) is 9.20 Å². The van der Waals surface area contributed by atoms with Crippen molar-refractivity contribution in [2.24, 2.45) is 0 Å². The fourth-order valence-electron chi connectivity index (χ4n) is 4.37. The van der Waals surface area contributed by atoms with Crippen LogP contribution in [-0.4, -0.2) is 17.5 Å². The minimum atomic E-state index is 0.0710. The summed E-state index contributed by atoms with van der Waals surface area (Å²) >= 11 is 0. The lowest BCUT2D eigenvalue weighted by Crippen LogP contribution is -2.28. The van der Waals surface area contributed by atoms with E-state index in [1.165, 1.54) is 16.7 Å². The normalized spacial score (nSPS) is 11.2. The topological polar surface area (TPSA) is 24.7 Å². The predicted octanol–water partition coefficient (Wildman–Crippen LogP) is 5.83. The third-order valence-corrected chi connectivity index (χ3v) is 5.41. The maximum atomic E-state index is 13.2. The molecule has 1 aromatic carbocycles. The number of nitrogens with zero attached hydrogens (tertiary/aromatic N) is 2. The summed E-state index contributed by atoms with van der Waals surface area (Å²) in [5.74, 6) is 0. The summed E-state index contributed by atoms with van der Waals surface area (Å²) in [7, 11) is 0. The highest BCUT2D eigenvalue weighted by Crippen LogP contribution is 2.31. The van der Waals surface area contributed by atoms with Gasteiger partial charge in [-0.25, -0.2) is 0 Å². The van der Waals surface area contributed by atoms with Gasteiger partial charge >= 0.3 is 0 Å². The number of pyridine rings is 2. The third-order valence-electron chi connectivity index (χ3n) is 5.41. The molecule has 0 radical (unpaired) electrons. The van der Waals surface area contributed by atoms with Gasteiger partial charge in [0, 0.05) is 24.2 Å². The highest BCUT2D eigenvalue weighted by Gasteiger charge is 2.17. The van der Waals surface area contributed by atoms with Crippen LogP contribution in [0.2, 0.25) is 0 Å². The standard InChI is InChI=1S/C25H32N2O/c1-7-12-26(13-8-2)23-16-20(6)25(28)27-21(23)10-9-11-22(27)24-18(4)14-17(3)15-19(24)5/h9-11,14-16H,7-8,12-13H2,1-6H3. The number of benzene rings is 1. The van der Waals surface area contributed by atoms with Crippen LogP contribution in [0.3, 0.4) is 0 Å². The molecule has 3 heteroatoms. The second kappa shape index (κ2) is 8.22. The van der Waals surface area contributed by atoms with Crippen molar-refractivity contribution >= 4 is 11.2 Å². The van der Waals surface area contributed by atoms with Crippen molar-refractivity contribution < 1.29 is 0 Å². The smallest absolute Gasteiger partial charge is 0.258 e. The summed E-state index contributed by atoms with van der Waals surface area (Å²) in [6, 6.07) is 12.7. The molecule has 0 atom stereocenters. The third kappa shape index (κ3) is 3.58. The molecule has 0 aliphatic heterocycles. The Morgan fingerprint density at radius 1 is 0.857 bits per heavy atom. The number of fused-ring (bicyclic) bond motifs is 1. The van der Waals surface area contributed by atoms with E-state index in [-0.39, 0.29) is 5.56 Å². The zero-order chi connectivity index (χ0) is 20.4. The van der Waals surface area contributed by atoms with Gasteiger partial charge in [-0.1, -0.05) is 37.6 Å². The van der Waals surface area contributed by atoms with E-state index in [1.807, 2.05) is 11.3 Å². The molecule has 0 aliphatic carbocycles. The average molecular weight is 377 g/mol. The Bertz CT molecular complexity index is 1030. The van der Waals surface area contributed by atoms with Crippen LogP contribution in [0, 0.1) is 27.7 Å². The van der Waals surface area contributed by atoms with E-state index in [2.05, 4.69) is 75.9 Å². The zero-order valence-electron chi connectivity index (χ0n) is 18.1. The highest BCUT2D eigenvalue weighted by molar-refractivity contribution is 5.79. The maximum Gasteiger partial charge on any atom is 0.258 e. The molecule has 0 spiro atoms. The lowest BCUT2D eigenvalue weighted by atomic mass is 9.96. The highest BCUT2D eigenvalue weighted by atomic mass is 16.1. The van der Waals surface area contributed by atoms with Gasteiger partial charge < -0.3 is 4.90 Å². The van der Waals surface area contributed by atoms with Gasteiger partial charge in [0.2, 0.25) is 0 Å². The molecule has 2 aromatic heterocycles. The molecular weight excluding hydrogens is 344 g/mol. The number of anilines is 1. The van der Waals surface area contributed by atoms with E-state index in [9.17, 15) is 4.79 Å². The number of rotatable bonds is 6. The first-order chi connectivity index (χ1) is 13.4. The van der Waals surface area contributed by atoms with Gasteiger partial charge in [-0.15, -0.1) is 0 Å². The molecule has 148 valence electrons. The Kier molecular flexibility index (Phi) is 5.93. The summed E-state index contributed by atoms with van der Waals surface area (Å²) in [4.78, 5) is 15.7. The van der Waals surface area contributed by atoms with Crippen molar-refractivity contribution in [2.75, 3.05) is 18.0 Å². The maximum absolute atomic E-state index is 13.2. The van der Waals surface area contributed by atoms with Crippen LogP contribution in [0.25, 0.3) is 16.8 Å². The van der Waals surface area contributed by atoms with Crippen LogP contribution in [0.5, 0.6) is 0 Å². The first kappa shape index (κ1) is 20.2. The predicted molar refractivity (Wildman–Crippen MR) is 121 cm³/mol. The molecule has 0 saturated heterocycles. The number of hydrogen-bond acceptors (Lipinski definition) is 2. The molecule has 3 aromatic rings. The van der Waals surface area contributed by atoms with Crippen molar-refractivity contribution in [1.29, 1.82) is 0 Å². The molecular formula is C25H32N2O. The average Bonchev–Trinajstić information content (AvgIpc) is 2.63. The minimum absolute atomic E-state index is 0.0710. The van der Waals surface area contributed by atoms with Crippen molar-refractivity contribution in [1.82, 2.24) is 4.40 Å². The fraction of sp³-hybridized carbons (Fsp3) is 0.400. The van der Waals surface area contributed by atoms with E-state index in [4.69, 9.17) is 0 Å². The SMILES string of the molecule is CCCN(CCC)c1cc(C)c(=O)n2c(-c3c(C)cc(C)cc3C)cccc12. The van der Waals surface area contributed by atoms with Crippen LogP contribution in [0.4, 0.5) is 5.69 Å². The van der Waals surface area contributed by atoms with Crippen LogP contribution in [0.1, 0.15) is 48.9 Å². The number of aromatic nitrogens is 1. The van der Waals surface area contributed by atoms with Gasteiger partial charge in [0.1, 0.15) is 0 Å². The summed E-state index contributed by atoms with van der Waals surface area (Å²) in [5, 5.41) is 0. The Morgan fingerprint density at radius 3 is 2.04 bits per heavy atom. The Balaban J connectivity index is 2.38. The number of hydrogen-bond donors (Lipinski definition) is 0. The largest absolute Gasteiger partial charge is 0.370 e. The summed E-state index contributed by atoms with van der Waals surface area (Å²) in [6.45, 7) is 14.7. The molecule has 0 amide bonds. The molecule has 0 bridgehead atoms. The molecule has 0 fully saturated rings.